The number of hydrogen-bond acceptors (Lipinski definition) is 2. The summed E-state index contributed by atoms with van der Waals surface area (Å²) in [6, 6.07) is 6.96. The first-order valence-corrected chi connectivity index (χ1v) is 7.98. The molecule has 1 aromatic heterocycles. The molecule has 0 fully saturated rings. The Morgan fingerprint density at radius 2 is 2.00 bits per heavy atom. The maximum Gasteiger partial charge on any atom is 0.214 e. The molecule has 0 atom stereocenters. The Balaban J connectivity index is 2.40. The topological polar surface area (TPSA) is 42.1 Å². The summed E-state index contributed by atoms with van der Waals surface area (Å²) in [6.45, 7) is 0.329. The molecule has 3 nitrogen and oxygen atoms in total. The molecule has 0 aliphatic carbocycles. The van der Waals surface area contributed by atoms with Crippen LogP contribution < -0.4 is 4.74 Å². The molecule has 0 radical (unpaired) electrons. The SMILES string of the molecule is O=C(c1ccccc1OCCCl)c1[nH]c(Cl)c(Cl)c1I. The van der Waals surface area contributed by atoms with Crippen LogP contribution in [0.2, 0.25) is 10.2 Å². The number of carbonyl (C=O) groups is 1. The lowest BCUT2D eigenvalue weighted by Crippen LogP contribution is -2.08. The molecule has 7 heteroatoms. The fourth-order valence-corrected chi connectivity index (χ4v) is 2.86. The van der Waals surface area contributed by atoms with Crippen LogP contribution in [0.3, 0.4) is 0 Å². The third-order valence-corrected chi connectivity index (χ3v) is 4.84. The lowest BCUT2D eigenvalue weighted by Gasteiger charge is -2.09. The van der Waals surface area contributed by atoms with E-state index in [4.69, 9.17) is 39.5 Å². The quantitative estimate of drug-likeness (QED) is 0.410. The van der Waals surface area contributed by atoms with E-state index in [0.717, 1.165) is 0 Å². The van der Waals surface area contributed by atoms with Gasteiger partial charge in [0.2, 0.25) is 5.78 Å². The number of aromatic amines is 1. The second-order valence-electron chi connectivity index (χ2n) is 3.80. The monoisotopic (exact) mass is 443 g/mol. The molecule has 20 heavy (non-hydrogen) atoms. The maximum absolute atomic E-state index is 12.6. The minimum atomic E-state index is -0.228. The summed E-state index contributed by atoms with van der Waals surface area (Å²) in [5, 5.41) is 0.591. The van der Waals surface area contributed by atoms with Crippen molar-refractivity contribution in [3.8, 4) is 5.75 Å². The van der Waals surface area contributed by atoms with E-state index < -0.39 is 0 Å². The van der Waals surface area contributed by atoms with Crippen molar-refractivity contribution < 1.29 is 9.53 Å². The molecule has 106 valence electrons. The van der Waals surface area contributed by atoms with Crippen LogP contribution in [0.25, 0.3) is 0 Å². The number of ketones is 1. The van der Waals surface area contributed by atoms with Gasteiger partial charge in [0.1, 0.15) is 23.2 Å². The van der Waals surface area contributed by atoms with Gasteiger partial charge in [-0.3, -0.25) is 4.79 Å². The molecule has 1 heterocycles. The summed E-state index contributed by atoms with van der Waals surface area (Å²) >= 11 is 19.5. The van der Waals surface area contributed by atoms with Crippen LogP contribution >= 0.6 is 57.4 Å². The van der Waals surface area contributed by atoms with Crippen LogP contribution in [-0.4, -0.2) is 23.3 Å². The Kier molecular flexibility index (Phi) is 5.60. The fourth-order valence-electron chi connectivity index (χ4n) is 1.65. The molecule has 0 saturated carbocycles. The highest BCUT2D eigenvalue weighted by atomic mass is 127. The van der Waals surface area contributed by atoms with Crippen molar-refractivity contribution in [3.05, 3.63) is 49.3 Å². The van der Waals surface area contributed by atoms with Crippen LogP contribution in [-0.2, 0) is 0 Å². The van der Waals surface area contributed by atoms with E-state index in [2.05, 4.69) is 4.98 Å². The Bertz CT molecular complexity index is 643. The van der Waals surface area contributed by atoms with Gasteiger partial charge in [0.05, 0.1) is 20.0 Å². The minimum Gasteiger partial charge on any atom is -0.492 e. The summed E-state index contributed by atoms with van der Waals surface area (Å²) in [6.07, 6.45) is 0. The van der Waals surface area contributed by atoms with Crippen molar-refractivity contribution in [1.29, 1.82) is 0 Å². The molecule has 1 aromatic carbocycles. The lowest BCUT2D eigenvalue weighted by atomic mass is 10.1. The standard InChI is InChI=1S/C13H9Cl3INO2/c14-5-6-20-8-4-2-1-3-7(8)12(19)11-10(17)9(15)13(16)18-11/h1-4,18H,5-6H2. The number of halogens is 4. The summed E-state index contributed by atoms with van der Waals surface area (Å²) in [4.78, 5) is 15.3. The third kappa shape index (κ3) is 3.24. The number of para-hydroxylation sites is 1. The molecule has 0 saturated heterocycles. The Labute approximate surface area is 144 Å². The first kappa shape index (κ1) is 15.9. The van der Waals surface area contributed by atoms with Crippen molar-refractivity contribution in [2.75, 3.05) is 12.5 Å². The van der Waals surface area contributed by atoms with Gasteiger partial charge in [-0.2, -0.15) is 0 Å². The van der Waals surface area contributed by atoms with Gasteiger partial charge in [-0.1, -0.05) is 35.3 Å². The van der Waals surface area contributed by atoms with Crippen molar-refractivity contribution in [2.45, 2.75) is 0 Å². The Morgan fingerprint density at radius 1 is 1.30 bits per heavy atom. The second kappa shape index (κ2) is 7.02. The van der Waals surface area contributed by atoms with E-state index in [9.17, 15) is 4.79 Å². The predicted molar refractivity (Wildman–Crippen MR) is 89.6 cm³/mol. The summed E-state index contributed by atoms with van der Waals surface area (Å²) in [7, 11) is 0. The minimum absolute atomic E-state index is 0.228. The summed E-state index contributed by atoms with van der Waals surface area (Å²) < 4.78 is 6.06. The van der Waals surface area contributed by atoms with Gasteiger partial charge >= 0.3 is 0 Å². The van der Waals surface area contributed by atoms with E-state index in [1.807, 2.05) is 22.6 Å². The van der Waals surface area contributed by atoms with Crippen LogP contribution in [0.1, 0.15) is 16.1 Å². The molecular weight excluding hydrogens is 435 g/mol. The van der Waals surface area contributed by atoms with Crippen molar-refractivity contribution >= 4 is 63.2 Å². The van der Waals surface area contributed by atoms with Crippen molar-refractivity contribution in [1.82, 2.24) is 4.98 Å². The third-order valence-electron chi connectivity index (χ3n) is 2.53. The van der Waals surface area contributed by atoms with Gasteiger partial charge in [-0.25, -0.2) is 0 Å². The highest BCUT2D eigenvalue weighted by Crippen LogP contribution is 2.32. The van der Waals surface area contributed by atoms with Crippen LogP contribution in [0.5, 0.6) is 5.75 Å². The van der Waals surface area contributed by atoms with E-state index >= 15 is 0 Å². The smallest absolute Gasteiger partial charge is 0.214 e. The first-order chi connectivity index (χ1) is 9.56. The number of ether oxygens (including phenoxy) is 1. The van der Waals surface area contributed by atoms with Crippen molar-refractivity contribution in [2.24, 2.45) is 0 Å². The number of H-pyrrole nitrogens is 1. The van der Waals surface area contributed by atoms with E-state index in [1.165, 1.54) is 0 Å². The van der Waals surface area contributed by atoms with Gasteiger partial charge in [-0.15, -0.1) is 11.6 Å². The number of nitrogens with one attached hydrogen (secondary N) is 1. The Morgan fingerprint density at radius 3 is 2.60 bits per heavy atom. The average Bonchev–Trinajstić information content (AvgIpc) is 2.72. The molecule has 1 N–H and O–H groups in total. The molecule has 2 aromatic rings. The number of rotatable bonds is 5. The zero-order valence-electron chi connectivity index (χ0n) is 10.1. The fraction of sp³-hybridized carbons (Fsp3) is 0.154. The first-order valence-electron chi connectivity index (χ1n) is 5.61. The molecule has 0 aliphatic rings. The number of carbonyl (C=O) groups excluding carboxylic acids is 1. The van der Waals surface area contributed by atoms with Crippen LogP contribution in [0, 0.1) is 3.57 Å². The largest absolute Gasteiger partial charge is 0.492 e. The Hall–Kier alpha value is -0.430. The summed E-state index contributed by atoms with van der Waals surface area (Å²) in [5.41, 5.74) is 0.785. The number of hydrogen-bond donors (Lipinski definition) is 1. The van der Waals surface area contributed by atoms with E-state index in [0.29, 0.717) is 38.1 Å². The molecule has 0 unspecified atom stereocenters. The zero-order chi connectivity index (χ0) is 14.7. The second-order valence-corrected chi connectivity index (χ2v) is 6.02. The van der Waals surface area contributed by atoms with Gasteiger partial charge in [0.15, 0.2) is 0 Å². The maximum atomic E-state index is 12.6. The summed E-state index contributed by atoms with van der Waals surface area (Å²) in [5.74, 6) is 0.601. The number of aromatic nitrogens is 1. The highest BCUT2D eigenvalue weighted by molar-refractivity contribution is 14.1. The molecule has 2 rings (SSSR count). The van der Waals surface area contributed by atoms with Gasteiger partial charge < -0.3 is 9.72 Å². The number of benzene rings is 1. The zero-order valence-corrected chi connectivity index (χ0v) is 14.5. The van der Waals surface area contributed by atoms with E-state index in [-0.39, 0.29) is 10.9 Å². The molecular formula is C13H9Cl3INO2. The highest BCUT2D eigenvalue weighted by Gasteiger charge is 2.22. The molecule has 0 bridgehead atoms. The number of alkyl halides is 1. The normalized spacial score (nSPS) is 10.6. The molecule has 0 spiro atoms. The predicted octanol–water partition coefficient (Wildman–Crippen LogP) is 4.77. The van der Waals surface area contributed by atoms with Crippen molar-refractivity contribution in [3.63, 3.8) is 0 Å². The molecule has 0 amide bonds. The molecule has 0 aliphatic heterocycles. The van der Waals surface area contributed by atoms with Gasteiger partial charge in [0.25, 0.3) is 0 Å². The van der Waals surface area contributed by atoms with Gasteiger partial charge in [0, 0.05) is 0 Å². The van der Waals surface area contributed by atoms with Gasteiger partial charge in [-0.05, 0) is 34.7 Å². The average molecular weight is 444 g/mol. The van der Waals surface area contributed by atoms with Crippen LogP contribution in [0.4, 0.5) is 0 Å². The van der Waals surface area contributed by atoms with Crippen LogP contribution in [0.15, 0.2) is 24.3 Å². The lowest BCUT2D eigenvalue weighted by molar-refractivity contribution is 0.103. The van der Waals surface area contributed by atoms with E-state index in [1.54, 1.807) is 24.3 Å².